The lowest BCUT2D eigenvalue weighted by atomic mass is 10.2. The maximum absolute atomic E-state index is 12.2. The third kappa shape index (κ3) is 3.48. The summed E-state index contributed by atoms with van der Waals surface area (Å²) in [5, 5.41) is 11.6. The molecule has 0 bridgehead atoms. The summed E-state index contributed by atoms with van der Waals surface area (Å²) >= 11 is 0. The molecule has 0 saturated carbocycles. The van der Waals surface area contributed by atoms with Gasteiger partial charge in [-0.3, -0.25) is 4.79 Å². The van der Waals surface area contributed by atoms with Gasteiger partial charge in [-0.1, -0.05) is 18.2 Å². The molecule has 0 radical (unpaired) electrons. The molecule has 7 heteroatoms. The minimum absolute atomic E-state index is 0.114. The molecule has 2 aromatic heterocycles. The second-order valence-corrected chi connectivity index (χ2v) is 5.29. The quantitative estimate of drug-likeness (QED) is 0.739. The minimum Gasteiger partial charge on any atom is -0.448 e. The number of nitrogens with one attached hydrogen (secondary N) is 1. The van der Waals surface area contributed by atoms with Gasteiger partial charge in [-0.2, -0.15) is 5.26 Å². The Morgan fingerprint density at radius 3 is 2.76 bits per heavy atom. The molecular weight excluding hydrogens is 320 g/mol. The van der Waals surface area contributed by atoms with Gasteiger partial charge < -0.3 is 14.5 Å². The van der Waals surface area contributed by atoms with Crippen LogP contribution in [0.4, 0.5) is 5.69 Å². The van der Waals surface area contributed by atoms with Gasteiger partial charge in [0, 0.05) is 12.4 Å². The highest BCUT2D eigenvalue weighted by atomic mass is 16.5. The Morgan fingerprint density at radius 2 is 2.00 bits per heavy atom. The zero-order valence-corrected chi connectivity index (χ0v) is 13.3. The van der Waals surface area contributed by atoms with Crippen LogP contribution >= 0.6 is 0 Å². The number of nitrogens with zero attached hydrogens (tertiary/aromatic N) is 3. The van der Waals surface area contributed by atoms with Crippen molar-refractivity contribution in [1.82, 2.24) is 9.38 Å². The molecular formula is C18H14N4O3. The van der Waals surface area contributed by atoms with Gasteiger partial charge in [0.2, 0.25) is 0 Å². The first-order valence-electron chi connectivity index (χ1n) is 7.53. The zero-order valence-electron chi connectivity index (χ0n) is 13.3. The van der Waals surface area contributed by atoms with E-state index in [1.165, 1.54) is 13.1 Å². The second kappa shape index (κ2) is 6.84. The van der Waals surface area contributed by atoms with Gasteiger partial charge in [0.25, 0.3) is 5.91 Å². The lowest BCUT2D eigenvalue weighted by molar-refractivity contribution is -0.123. The molecule has 1 unspecified atom stereocenters. The predicted octanol–water partition coefficient (Wildman–Crippen LogP) is 2.39. The molecule has 1 amide bonds. The molecule has 0 spiro atoms. The van der Waals surface area contributed by atoms with E-state index in [9.17, 15) is 9.59 Å². The van der Waals surface area contributed by atoms with Gasteiger partial charge in [0.15, 0.2) is 11.8 Å². The number of rotatable bonds is 4. The number of carbonyl (C=O) groups excluding carboxylic acids is 2. The summed E-state index contributed by atoms with van der Waals surface area (Å²) in [6, 6.07) is 13.9. The first-order valence-corrected chi connectivity index (χ1v) is 7.53. The number of esters is 1. The first-order chi connectivity index (χ1) is 12.1. The molecule has 0 aliphatic heterocycles. The van der Waals surface area contributed by atoms with E-state index in [-0.39, 0.29) is 5.69 Å². The zero-order chi connectivity index (χ0) is 17.8. The van der Waals surface area contributed by atoms with Gasteiger partial charge in [0.05, 0.1) is 11.3 Å². The van der Waals surface area contributed by atoms with Crippen molar-refractivity contribution in [1.29, 1.82) is 5.26 Å². The number of benzene rings is 1. The molecule has 1 N–H and O–H groups in total. The Morgan fingerprint density at radius 1 is 1.24 bits per heavy atom. The van der Waals surface area contributed by atoms with Crippen molar-refractivity contribution in [2.24, 2.45) is 0 Å². The van der Waals surface area contributed by atoms with Crippen molar-refractivity contribution in [3.05, 3.63) is 66.1 Å². The molecule has 0 aliphatic carbocycles. The largest absolute Gasteiger partial charge is 0.448 e. The molecule has 0 fully saturated rings. The van der Waals surface area contributed by atoms with Gasteiger partial charge in [-0.05, 0) is 31.2 Å². The summed E-state index contributed by atoms with van der Waals surface area (Å²) in [6.45, 7) is 1.46. The number of imidazole rings is 1. The van der Waals surface area contributed by atoms with E-state index >= 15 is 0 Å². The molecule has 2 heterocycles. The summed E-state index contributed by atoms with van der Waals surface area (Å²) < 4.78 is 6.85. The predicted molar refractivity (Wildman–Crippen MR) is 89.9 cm³/mol. The number of pyridine rings is 1. The van der Waals surface area contributed by atoms with Crippen LogP contribution in [0.1, 0.15) is 23.0 Å². The molecule has 0 aliphatic rings. The summed E-state index contributed by atoms with van der Waals surface area (Å²) in [7, 11) is 0. The Labute approximate surface area is 143 Å². The molecule has 3 rings (SSSR count). The van der Waals surface area contributed by atoms with Crippen LogP contribution < -0.4 is 5.32 Å². The van der Waals surface area contributed by atoms with Crippen molar-refractivity contribution in [2.45, 2.75) is 13.0 Å². The second-order valence-electron chi connectivity index (χ2n) is 5.29. The summed E-state index contributed by atoms with van der Waals surface area (Å²) in [5.41, 5.74) is 1.41. The van der Waals surface area contributed by atoms with E-state index < -0.39 is 18.0 Å². The van der Waals surface area contributed by atoms with Crippen molar-refractivity contribution in [3.8, 4) is 6.07 Å². The molecule has 0 saturated heterocycles. The molecule has 3 aromatic rings. The number of amides is 1. The Hall–Kier alpha value is -3.66. The first kappa shape index (κ1) is 16.2. The molecule has 7 nitrogen and oxygen atoms in total. The van der Waals surface area contributed by atoms with Crippen molar-refractivity contribution in [2.75, 3.05) is 5.32 Å². The summed E-state index contributed by atoms with van der Waals surface area (Å²) in [6.07, 6.45) is 2.26. The maximum atomic E-state index is 12.2. The number of carbonyl (C=O) groups is 2. The highest BCUT2D eigenvalue weighted by molar-refractivity contribution is 5.97. The molecule has 1 aromatic carbocycles. The number of aromatic nitrogens is 2. The number of hydrogen-bond acceptors (Lipinski definition) is 5. The van der Waals surface area contributed by atoms with Crippen molar-refractivity contribution in [3.63, 3.8) is 0 Å². The Kier molecular flexibility index (Phi) is 4.44. The lowest BCUT2D eigenvalue weighted by Gasteiger charge is -2.13. The van der Waals surface area contributed by atoms with Gasteiger partial charge in [-0.15, -0.1) is 0 Å². The van der Waals surface area contributed by atoms with Crippen LogP contribution in [0, 0.1) is 11.3 Å². The van der Waals surface area contributed by atoms with Crippen LogP contribution in [0.2, 0.25) is 0 Å². The van der Waals surface area contributed by atoms with E-state index in [1.54, 1.807) is 47.0 Å². The van der Waals surface area contributed by atoms with Crippen LogP contribution in [-0.2, 0) is 9.53 Å². The summed E-state index contributed by atoms with van der Waals surface area (Å²) in [5.74, 6) is -1.22. The highest BCUT2D eigenvalue weighted by Crippen LogP contribution is 2.14. The number of fused-ring (bicyclic) bond motifs is 1. The van der Waals surface area contributed by atoms with Gasteiger partial charge in [-0.25, -0.2) is 9.78 Å². The smallest absolute Gasteiger partial charge is 0.359 e. The molecule has 25 heavy (non-hydrogen) atoms. The standard InChI is InChI=1S/C18H14N4O3/c1-12(17(23)21-14-7-3-2-6-13(14)10-19)25-18(24)15-11-22-9-5-4-8-16(22)20-15/h2-9,11-12H,1H3,(H,21,23). The van der Waals surface area contributed by atoms with Crippen LogP contribution in [-0.4, -0.2) is 27.4 Å². The van der Waals surface area contributed by atoms with E-state index in [0.29, 0.717) is 16.9 Å². The molecule has 1 atom stereocenters. The monoisotopic (exact) mass is 334 g/mol. The number of para-hydroxylation sites is 1. The maximum Gasteiger partial charge on any atom is 0.359 e. The van der Waals surface area contributed by atoms with E-state index in [0.717, 1.165) is 0 Å². The fraction of sp³-hybridized carbons (Fsp3) is 0.111. The van der Waals surface area contributed by atoms with Crippen LogP contribution in [0.3, 0.4) is 0 Å². The summed E-state index contributed by atoms with van der Waals surface area (Å²) in [4.78, 5) is 28.5. The van der Waals surface area contributed by atoms with E-state index in [4.69, 9.17) is 10.00 Å². The third-order valence-electron chi connectivity index (χ3n) is 3.53. The number of anilines is 1. The fourth-order valence-corrected chi connectivity index (χ4v) is 2.23. The van der Waals surface area contributed by atoms with Gasteiger partial charge in [0.1, 0.15) is 11.7 Å². The minimum atomic E-state index is -1.04. The number of nitriles is 1. The normalized spacial score (nSPS) is 11.5. The molecule has 124 valence electrons. The topological polar surface area (TPSA) is 96.5 Å². The third-order valence-corrected chi connectivity index (χ3v) is 3.53. The Bertz CT molecular complexity index is 954. The van der Waals surface area contributed by atoms with E-state index in [1.807, 2.05) is 12.1 Å². The van der Waals surface area contributed by atoms with Crippen LogP contribution in [0.15, 0.2) is 54.9 Å². The van der Waals surface area contributed by atoms with Crippen molar-refractivity contribution >= 4 is 23.2 Å². The van der Waals surface area contributed by atoms with E-state index in [2.05, 4.69) is 10.3 Å². The number of hydrogen-bond donors (Lipinski definition) is 1. The lowest BCUT2D eigenvalue weighted by Crippen LogP contribution is -2.30. The van der Waals surface area contributed by atoms with Gasteiger partial charge >= 0.3 is 5.97 Å². The number of ether oxygens (including phenoxy) is 1. The van der Waals surface area contributed by atoms with Crippen LogP contribution in [0.25, 0.3) is 5.65 Å². The average Bonchev–Trinajstić information content (AvgIpc) is 3.06. The van der Waals surface area contributed by atoms with Crippen LogP contribution in [0.5, 0.6) is 0 Å². The Balaban J connectivity index is 1.68. The fourth-order valence-electron chi connectivity index (χ4n) is 2.23. The highest BCUT2D eigenvalue weighted by Gasteiger charge is 2.21. The SMILES string of the molecule is CC(OC(=O)c1cn2ccccc2n1)C(=O)Nc1ccccc1C#N. The average molecular weight is 334 g/mol. The van der Waals surface area contributed by atoms with Crippen molar-refractivity contribution < 1.29 is 14.3 Å².